The Morgan fingerprint density at radius 3 is 1.96 bits per heavy atom. The maximum atomic E-state index is 12.2. The summed E-state index contributed by atoms with van der Waals surface area (Å²) < 4.78 is 136. The van der Waals surface area contributed by atoms with E-state index in [1.807, 2.05) is 40.7 Å². The third-order valence-corrected chi connectivity index (χ3v) is 13.2. The van der Waals surface area contributed by atoms with Crippen molar-refractivity contribution in [1.29, 1.82) is 0 Å². The van der Waals surface area contributed by atoms with Crippen LogP contribution in [0.15, 0.2) is 69.6 Å². The number of carboxylic acid groups (broad SMARTS) is 1. The zero-order valence-electron chi connectivity index (χ0n) is 39.5. The maximum absolute atomic E-state index is 12.2. The van der Waals surface area contributed by atoms with E-state index in [1.54, 1.807) is 25.2 Å². The van der Waals surface area contributed by atoms with Crippen LogP contribution in [0.25, 0.3) is 17.4 Å². The number of hydrogen-bond acceptors (Lipinski definition) is 16. The van der Waals surface area contributed by atoms with Gasteiger partial charge in [-0.1, -0.05) is 26.8 Å². The van der Waals surface area contributed by atoms with Crippen molar-refractivity contribution < 1.29 is 131 Å². The molecule has 4 rings (SSSR count). The summed E-state index contributed by atoms with van der Waals surface area (Å²) in [6.07, 6.45) is 5.44. The van der Waals surface area contributed by atoms with Gasteiger partial charge in [0.15, 0.2) is 0 Å². The number of carboxylic acids is 1. The Balaban J connectivity index is 0.00000771. The summed E-state index contributed by atoms with van der Waals surface area (Å²) in [7, 11) is -13.8. The average molecular weight is 1020 g/mol. The van der Waals surface area contributed by atoms with Crippen molar-refractivity contribution in [2.24, 2.45) is 0 Å². The number of nitrogens with zero attached hydrogens (tertiary/aromatic N) is 2. The first-order valence-corrected chi connectivity index (χ1v) is 25.8. The van der Waals surface area contributed by atoms with Crippen LogP contribution < -0.4 is 73.9 Å². The van der Waals surface area contributed by atoms with Crippen molar-refractivity contribution in [1.82, 2.24) is 4.58 Å². The number of benzene rings is 2. The van der Waals surface area contributed by atoms with E-state index < -0.39 is 58.1 Å². The van der Waals surface area contributed by atoms with Crippen molar-refractivity contribution in [2.75, 3.05) is 88.9 Å². The van der Waals surface area contributed by atoms with Crippen LogP contribution in [-0.4, -0.2) is 134 Å². The molecular weight excluding hydrogens is 955 g/mol. The van der Waals surface area contributed by atoms with Crippen molar-refractivity contribution in [2.45, 2.75) is 76.0 Å². The second kappa shape index (κ2) is 27.5. The fourth-order valence-corrected chi connectivity index (χ4v) is 9.08. The minimum absolute atomic E-state index is 0. The normalized spacial score (nSPS) is 16.6. The SMILES string of the molecule is CC[N+](CCCS(=O)(=O)[O-])=c1ccc2c(C(C)(C)C)cc(/C=C/C=C3/N(CCOCCOCCOCCOCCC(=O)O)c4ccc(S(=O)(=O)[O-])cc4C3(C)CCCS(=O)(=O)[O-])oc-2c1.[Na+].[Na+]. The fraction of sp³-hybridized carbons (Fsp3) is 0.545. The van der Waals surface area contributed by atoms with E-state index >= 15 is 0 Å². The second-order valence-electron chi connectivity index (χ2n) is 16.7. The summed E-state index contributed by atoms with van der Waals surface area (Å²) in [4.78, 5) is 12.0. The van der Waals surface area contributed by atoms with Gasteiger partial charge in [-0.15, -0.1) is 0 Å². The molecule has 0 radical (unpaired) electrons. The first-order valence-electron chi connectivity index (χ1n) is 21.3. The van der Waals surface area contributed by atoms with E-state index in [1.165, 1.54) is 18.2 Å². The van der Waals surface area contributed by atoms with Crippen molar-refractivity contribution >= 4 is 48.1 Å². The number of allylic oxidation sites excluding steroid dienone is 3. The molecule has 0 spiro atoms. The minimum atomic E-state index is -4.88. The third-order valence-electron chi connectivity index (χ3n) is 10.8. The Labute approximate surface area is 439 Å². The third kappa shape index (κ3) is 19.6. The molecule has 18 nitrogen and oxygen atoms in total. The van der Waals surface area contributed by atoms with Crippen LogP contribution in [0, 0.1) is 0 Å². The summed E-state index contributed by atoms with van der Waals surface area (Å²) in [6.45, 7) is 13.0. The molecular formula is C44H60N2Na2O16S3. The van der Waals surface area contributed by atoms with Gasteiger partial charge in [-0.05, 0) is 85.7 Å². The van der Waals surface area contributed by atoms with E-state index in [0.717, 1.165) is 16.5 Å². The van der Waals surface area contributed by atoms with Gasteiger partial charge in [0.2, 0.25) is 5.36 Å². The topological polar surface area (TPSA) is 265 Å². The number of carbonyl (C=O) groups is 1. The van der Waals surface area contributed by atoms with E-state index in [4.69, 9.17) is 28.5 Å². The van der Waals surface area contributed by atoms with Gasteiger partial charge in [-0.2, -0.15) is 0 Å². The maximum Gasteiger partial charge on any atom is 1.00 e. The molecule has 1 aromatic rings. The molecule has 1 aromatic carbocycles. The van der Waals surface area contributed by atoms with Crippen LogP contribution in [0.2, 0.25) is 0 Å². The van der Waals surface area contributed by atoms with Crippen LogP contribution >= 0.6 is 0 Å². The molecule has 3 aliphatic rings. The van der Waals surface area contributed by atoms with Gasteiger partial charge in [0, 0.05) is 52.9 Å². The fourth-order valence-electron chi connectivity index (χ4n) is 7.60. The predicted molar refractivity (Wildman–Crippen MR) is 239 cm³/mol. The van der Waals surface area contributed by atoms with Gasteiger partial charge in [0.05, 0.1) is 90.5 Å². The number of anilines is 1. The van der Waals surface area contributed by atoms with E-state index in [-0.39, 0.29) is 143 Å². The van der Waals surface area contributed by atoms with E-state index in [0.29, 0.717) is 48.2 Å². The van der Waals surface area contributed by atoms with Crippen LogP contribution in [-0.2, 0) is 64.9 Å². The average Bonchev–Trinajstić information content (AvgIpc) is 3.43. The molecule has 0 saturated carbocycles. The Kier molecular flexibility index (Phi) is 25.1. The molecule has 0 amide bonds. The van der Waals surface area contributed by atoms with Crippen LogP contribution in [0.1, 0.15) is 77.2 Å². The van der Waals surface area contributed by atoms with Gasteiger partial charge in [0.1, 0.15) is 34.7 Å². The number of aliphatic carboxylic acids is 1. The largest absolute Gasteiger partial charge is 1.00 e. The standard InChI is InChI=1S/C44H62N2O16S3.2Na/c1-6-45(18-9-29-64(52,53)54)33-12-14-36-37(43(2,3)4)31-34(62-40(36)30-33)10-7-11-41-44(5,17-8-28-63(49,50)51)38-32-35(65(55,56)57)13-15-39(38)46(41)19-21-59-23-25-61-27-26-60-24-22-58-20-16-42(47)48;;/h7,10-15,30-32H,6,8-9,16-29H2,1-5H3,(H3-,47,48,49,50,51,52,53,54,55,56,57);;/q;2*+1/p-2. The quantitative estimate of drug-likeness (QED) is 0.0370. The Morgan fingerprint density at radius 1 is 0.821 bits per heavy atom. The summed E-state index contributed by atoms with van der Waals surface area (Å²) in [5.74, 6) is -1.02. The molecule has 2 aliphatic heterocycles. The van der Waals surface area contributed by atoms with E-state index in [9.17, 15) is 43.7 Å². The van der Waals surface area contributed by atoms with Gasteiger partial charge in [-0.3, -0.25) is 4.79 Å². The van der Waals surface area contributed by atoms with Crippen molar-refractivity contribution in [3.8, 4) is 11.3 Å². The van der Waals surface area contributed by atoms with Crippen LogP contribution in [0.4, 0.5) is 5.69 Å². The molecule has 2 heterocycles. The monoisotopic (exact) mass is 1010 g/mol. The number of ether oxygens (including phenoxy) is 4. The van der Waals surface area contributed by atoms with Crippen LogP contribution in [0.3, 0.4) is 0 Å². The molecule has 362 valence electrons. The molecule has 0 aromatic heterocycles. The van der Waals surface area contributed by atoms with Crippen molar-refractivity contribution in [3.05, 3.63) is 82.6 Å². The number of hydrogen-bond donors (Lipinski definition) is 1. The number of fused-ring (bicyclic) bond motifs is 2. The first kappa shape index (κ1) is 61.1. The molecule has 1 aliphatic carbocycles. The summed E-state index contributed by atoms with van der Waals surface area (Å²) in [5, 5.41) is 9.43. The van der Waals surface area contributed by atoms with E-state index in [2.05, 4.69) is 20.8 Å². The molecule has 1 unspecified atom stereocenters. The summed E-state index contributed by atoms with van der Waals surface area (Å²) in [5.41, 5.74) is 2.10. The summed E-state index contributed by atoms with van der Waals surface area (Å²) >= 11 is 0. The van der Waals surface area contributed by atoms with Crippen molar-refractivity contribution in [3.63, 3.8) is 0 Å². The Hall–Kier alpha value is -2.03. The molecule has 0 bridgehead atoms. The molecule has 23 heteroatoms. The van der Waals surface area contributed by atoms with Crippen LogP contribution in [0.5, 0.6) is 0 Å². The zero-order valence-corrected chi connectivity index (χ0v) is 45.9. The van der Waals surface area contributed by atoms with Gasteiger partial charge in [0.25, 0.3) is 0 Å². The number of rotatable bonds is 27. The summed E-state index contributed by atoms with van der Waals surface area (Å²) in [6, 6.07) is 11.7. The van der Waals surface area contributed by atoms with Gasteiger partial charge in [-0.25, -0.2) is 29.8 Å². The second-order valence-corrected chi connectivity index (χ2v) is 21.1. The zero-order chi connectivity index (χ0) is 48.1. The first-order chi connectivity index (χ1) is 30.4. The Bertz CT molecular complexity index is 2540. The molecule has 67 heavy (non-hydrogen) atoms. The molecule has 1 N–H and O–H groups in total. The predicted octanol–water partition coefficient (Wildman–Crippen LogP) is -2.14. The van der Waals surface area contributed by atoms with Gasteiger partial charge < -0.3 is 47.0 Å². The minimum Gasteiger partial charge on any atom is -0.748 e. The molecule has 0 saturated heterocycles. The smallest absolute Gasteiger partial charge is 0.748 e. The van der Waals surface area contributed by atoms with Gasteiger partial charge >= 0.3 is 65.1 Å². The molecule has 1 atom stereocenters. The molecule has 0 fully saturated rings. The Morgan fingerprint density at radius 2 is 1.40 bits per heavy atom.